The Balaban J connectivity index is 1.42. The highest BCUT2D eigenvalue weighted by atomic mass is 35.5. The third kappa shape index (κ3) is 6.37. The molecule has 2 saturated heterocycles. The van der Waals surface area contributed by atoms with Crippen LogP contribution in [0.4, 0.5) is 10.2 Å². The third-order valence-electron chi connectivity index (χ3n) is 8.80. The number of aromatic hydroxyl groups is 1. The quantitative estimate of drug-likeness (QED) is 0.221. The number of hydrogen-bond acceptors (Lipinski definition) is 7. The Kier molecular flexibility index (Phi) is 8.89. The first-order chi connectivity index (χ1) is 20.8. The molecule has 3 unspecified atom stereocenters. The molecule has 3 heterocycles. The monoisotopic (exact) mass is 606 g/mol. The number of ether oxygens (including phenoxy) is 2. The predicted octanol–water partition coefficient (Wildman–Crippen LogP) is 7.31. The molecule has 0 spiro atoms. The zero-order valence-corrected chi connectivity index (χ0v) is 25.9. The summed E-state index contributed by atoms with van der Waals surface area (Å²) in [6.07, 6.45) is 3.06. The molecular weight excluding hydrogens is 567 g/mol. The van der Waals surface area contributed by atoms with Crippen molar-refractivity contribution in [3.63, 3.8) is 0 Å². The molecule has 43 heavy (non-hydrogen) atoms. The van der Waals surface area contributed by atoms with Crippen molar-refractivity contribution in [3.8, 4) is 22.9 Å². The van der Waals surface area contributed by atoms with Crippen LogP contribution in [-0.2, 0) is 4.74 Å². The highest BCUT2D eigenvalue weighted by Gasteiger charge is 2.27. The highest BCUT2D eigenvalue weighted by Crippen LogP contribution is 2.42. The number of morpholine rings is 1. The number of fused-ring (bicyclic) bond motifs is 2. The minimum atomic E-state index is -0.551. The molecule has 2 fully saturated rings. The van der Waals surface area contributed by atoms with Gasteiger partial charge in [-0.1, -0.05) is 49.7 Å². The van der Waals surface area contributed by atoms with E-state index in [0.717, 1.165) is 69.4 Å². The van der Waals surface area contributed by atoms with E-state index >= 15 is 4.39 Å². The van der Waals surface area contributed by atoms with Crippen molar-refractivity contribution in [2.75, 3.05) is 50.9 Å². The summed E-state index contributed by atoms with van der Waals surface area (Å²) in [5, 5.41) is 12.9. The number of halogens is 2. The van der Waals surface area contributed by atoms with Gasteiger partial charge in [0.05, 0.1) is 24.8 Å². The molecular formula is C34H40ClFN4O3. The predicted molar refractivity (Wildman–Crippen MR) is 171 cm³/mol. The van der Waals surface area contributed by atoms with E-state index in [2.05, 4.69) is 35.6 Å². The number of aromatic nitrogens is 2. The van der Waals surface area contributed by atoms with Crippen LogP contribution in [0.5, 0.6) is 11.8 Å². The van der Waals surface area contributed by atoms with E-state index in [1.165, 1.54) is 0 Å². The average Bonchev–Trinajstić information content (AvgIpc) is 3.16. The maximum atomic E-state index is 16.8. The van der Waals surface area contributed by atoms with Gasteiger partial charge < -0.3 is 19.5 Å². The van der Waals surface area contributed by atoms with Gasteiger partial charge in [-0.3, -0.25) is 4.90 Å². The fourth-order valence-electron chi connectivity index (χ4n) is 6.49. The fraction of sp³-hybridized carbons (Fsp3) is 0.471. The molecule has 3 atom stereocenters. The van der Waals surface area contributed by atoms with Gasteiger partial charge in [0.1, 0.15) is 17.1 Å². The van der Waals surface area contributed by atoms with Gasteiger partial charge in [-0.2, -0.15) is 9.97 Å². The molecule has 6 rings (SSSR count). The van der Waals surface area contributed by atoms with Crippen molar-refractivity contribution in [2.24, 2.45) is 11.8 Å². The summed E-state index contributed by atoms with van der Waals surface area (Å²) in [5.41, 5.74) is 0.883. The molecule has 1 N–H and O–H groups in total. The van der Waals surface area contributed by atoms with E-state index < -0.39 is 5.82 Å². The molecule has 0 bridgehead atoms. The van der Waals surface area contributed by atoms with Crippen LogP contribution in [0.1, 0.15) is 40.0 Å². The van der Waals surface area contributed by atoms with Gasteiger partial charge in [-0.05, 0) is 72.6 Å². The Morgan fingerprint density at radius 3 is 2.58 bits per heavy atom. The lowest BCUT2D eigenvalue weighted by atomic mass is 9.96. The Hall–Kier alpha value is -3.20. The van der Waals surface area contributed by atoms with Crippen LogP contribution in [-0.4, -0.2) is 72.0 Å². The van der Waals surface area contributed by atoms with Gasteiger partial charge in [0.15, 0.2) is 5.82 Å². The van der Waals surface area contributed by atoms with Gasteiger partial charge in [0, 0.05) is 43.2 Å². The molecule has 9 heteroatoms. The van der Waals surface area contributed by atoms with E-state index in [1.807, 2.05) is 24.3 Å². The van der Waals surface area contributed by atoms with Gasteiger partial charge in [-0.25, -0.2) is 4.39 Å². The van der Waals surface area contributed by atoms with Gasteiger partial charge in [-0.15, -0.1) is 0 Å². The molecule has 3 aromatic carbocycles. The number of rotatable bonds is 7. The Morgan fingerprint density at radius 2 is 1.81 bits per heavy atom. The van der Waals surface area contributed by atoms with Crippen LogP contribution in [0.3, 0.4) is 0 Å². The lowest BCUT2D eigenvalue weighted by Crippen LogP contribution is -2.44. The van der Waals surface area contributed by atoms with E-state index in [0.29, 0.717) is 41.3 Å². The Labute approximate surface area is 257 Å². The maximum absolute atomic E-state index is 16.8. The molecule has 0 aliphatic carbocycles. The molecule has 2 aliphatic heterocycles. The Bertz CT molecular complexity index is 1610. The SMILES string of the molecule is CC1CCC(C)CN(c2nc(OCCCN3CCOCC3C)nc3c(F)c(-c4cc(O)cc5ccccc45)c(Cl)cc23)C1. The number of nitrogens with zero attached hydrogens (tertiary/aromatic N) is 4. The first kappa shape index (κ1) is 29.9. The van der Waals surface area contributed by atoms with Crippen LogP contribution in [0, 0.1) is 17.7 Å². The van der Waals surface area contributed by atoms with E-state index in [-0.39, 0.29) is 27.9 Å². The minimum Gasteiger partial charge on any atom is -0.508 e. The van der Waals surface area contributed by atoms with Gasteiger partial charge in [0.25, 0.3) is 0 Å². The summed E-state index contributed by atoms with van der Waals surface area (Å²) in [5.74, 6) is 1.07. The second kappa shape index (κ2) is 12.8. The highest BCUT2D eigenvalue weighted by molar-refractivity contribution is 6.35. The smallest absolute Gasteiger partial charge is 0.319 e. The van der Waals surface area contributed by atoms with Crippen LogP contribution >= 0.6 is 11.6 Å². The summed E-state index contributed by atoms with van der Waals surface area (Å²) < 4.78 is 28.5. The molecule has 4 aromatic rings. The molecule has 2 aliphatic rings. The molecule has 0 saturated carbocycles. The largest absolute Gasteiger partial charge is 0.508 e. The first-order valence-electron chi connectivity index (χ1n) is 15.4. The normalized spacial score (nSPS) is 21.8. The summed E-state index contributed by atoms with van der Waals surface area (Å²) in [6.45, 7) is 12.0. The van der Waals surface area contributed by atoms with Crippen LogP contribution in [0.25, 0.3) is 32.8 Å². The number of phenolic OH excluding ortho intramolecular Hbond substituents is 1. The van der Waals surface area contributed by atoms with Gasteiger partial charge >= 0.3 is 6.01 Å². The topological polar surface area (TPSA) is 71.0 Å². The van der Waals surface area contributed by atoms with Crippen LogP contribution < -0.4 is 9.64 Å². The first-order valence-corrected chi connectivity index (χ1v) is 15.8. The van der Waals surface area contributed by atoms with Crippen molar-refractivity contribution in [2.45, 2.75) is 46.1 Å². The number of anilines is 1. The molecule has 0 radical (unpaired) electrons. The van der Waals surface area contributed by atoms with Crippen LogP contribution in [0.15, 0.2) is 42.5 Å². The average molecular weight is 607 g/mol. The zero-order chi connectivity index (χ0) is 30.1. The second-order valence-electron chi connectivity index (χ2n) is 12.3. The van der Waals surface area contributed by atoms with E-state index in [4.69, 9.17) is 26.1 Å². The minimum absolute atomic E-state index is 0.0405. The van der Waals surface area contributed by atoms with Crippen molar-refractivity contribution in [1.29, 1.82) is 0 Å². The second-order valence-corrected chi connectivity index (χ2v) is 12.7. The van der Waals surface area contributed by atoms with Crippen molar-refractivity contribution in [3.05, 3.63) is 53.3 Å². The van der Waals surface area contributed by atoms with Gasteiger partial charge in [0.2, 0.25) is 0 Å². The zero-order valence-electron chi connectivity index (χ0n) is 25.2. The summed E-state index contributed by atoms with van der Waals surface area (Å²) in [7, 11) is 0. The molecule has 228 valence electrons. The van der Waals surface area contributed by atoms with Crippen molar-refractivity contribution in [1.82, 2.24) is 14.9 Å². The van der Waals surface area contributed by atoms with Crippen molar-refractivity contribution >= 4 is 39.1 Å². The lowest BCUT2D eigenvalue weighted by molar-refractivity contribution is -0.00211. The Morgan fingerprint density at radius 1 is 1.05 bits per heavy atom. The maximum Gasteiger partial charge on any atom is 0.319 e. The standard InChI is InChI=1S/C34H40ClFN4O3/c1-21-9-10-22(2)19-40(18-21)33-28-17-29(35)30(27-16-25(41)15-24-7-4-5-8-26(24)27)31(36)32(28)37-34(38-33)43-13-6-11-39-12-14-42-20-23(39)3/h4-5,7-8,15-17,21-23,41H,6,9-14,18-20H2,1-3H3. The summed E-state index contributed by atoms with van der Waals surface area (Å²) in [6, 6.07) is 13.1. The lowest BCUT2D eigenvalue weighted by Gasteiger charge is -2.33. The molecule has 7 nitrogen and oxygen atoms in total. The van der Waals surface area contributed by atoms with E-state index in [1.54, 1.807) is 18.2 Å². The van der Waals surface area contributed by atoms with Crippen LogP contribution in [0.2, 0.25) is 5.02 Å². The number of phenols is 1. The summed E-state index contributed by atoms with van der Waals surface area (Å²) >= 11 is 6.88. The molecule has 1 aromatic heterocycles. The number of hydrogen-bond donors (Lipinski definition) is 1. The summed E-state index contributed by atoms with van der Waals surface area (Å²) in [4.78, 5) is 14.1. The third-order valence-corrected chi connectivity index (χ3v) is 9.10. The van der Waals surface area contributed by atoms with E-state index in [9.17, 15) is 5.11 Å². The number of benzene rings is 3. The van der Waals surface area contributed by atoms with Crippen molar-refractivity contribution < 1.29 is 19.0 Å². The fourth-order valence-corrected chi connectivity index (χ4v) is 6.78. The molecule has 0 amide bonds.